The second-order valence-electron chi connectivity index (χ2n) is 9.66. The topological polar surface area (TPSA) is 156 Å². The van der Waals surface area contributed by atoms with Gasteiger partial charge in [0.15, 0.2) is 0 Å². The Morgan fingerprint density at radius 2 is 1.48 bits per heavy atom. The van der Waals surface area contributed by atoms with Gasteiger partial charge in [-0.25, -0.2) is 0 Å². The summed E-state index contributed by atoms with van der Waals surface area (Å²) in [6.07, 6.45) is 1.92. The third-order valence-electron chi connectivity index (χ3n) is 5.53. The van der Waals surface area contributed by atoms with Crippen LogP contribution in [0.25, 0.3) is 0 Å². The predicted octanol–water partition coefficient (Wildman–Crippen LogP) is 2.24. The first kappa shape index (κ1) is 31.3. The lowest BCUT2D eigenvalue weighted by Gasteiger charge is -2.36. The van der Waals surface area contributed by atoms with Crippen molar-refractivity contribution in [3.63, 3.8) is 0 Å². The monoisotopic (exact) mass is 495 g/mol. The van der Waals surface area contributed by atoms with E-state index in [2.05, 4.69) is 5.32 Å². The van der Waals surface area contributed by atoms with Gasteiger partial charge in [0, 0.05) is 6.42 Å². The zero-order chi connectivity index (χ0) is 25.9. The van der Waals surface area contributed by atoms with Gasteiger partial charge in [-0.1, -0.05) is 20.3 Å². The number of unbranched alkanes of at least 4 members (excludes halogenated alkanes) is 1. The van der Waals surface area contributed by atoms with Crippen LogP contribution in [0.2, 0.25) is 0 Å². The first-order chi connectivity index (χ1) is 15.0. The van der Waals surface area contributed by atoms with Crippen molar-refractivity contribution in [2.75, 3.05) is 25.6 Å². The van der Waals surface area contributed by atoms with Gasteiger partial charge in [-0.05, 0) is 53.4 Å². The molecule has 0 aliphatic rings. The predicted molar refractivity (Wildman–Crippen MR) is 123 cm³/mol. The van der Waals surface area contributed by atoms with Gasteiger partial charge in [0.25, 0.3) is 10.1 Å². The van der Waals surface area contributed by atoms with Gasteiger partial charge < -0.3 is 19.9 Å². The molecule has 0 aliphatic carbocycles. The maximum absolute atomic E-state index is 12.9. The van der Waals surface area contributed by atoms with Crippen molar-refractivity contribution >= 4 is 28.0 Å². The number of carbonyl (C=O) groups excluding carboxylic acids is 3. The lowest BCUT2D eigenvalue weighted by molar-refractivity contribution is -0.165. The molecule has 0 saturated heterocycles. The van der Waals surface area contributed by atoms with Crippen LogP contribution in [0.1, 0.15) is 80.1 Å². The number of ether oxygens (including phenoxy) is 2. The molecule has 11 heteroatoms. The molecule has 0 rings (SSSR count). The van der Waals surface area contributed by atoms with Gasteiger partial charge >= 0.3 is 11.9 Å². The largest absolute Gasteiger partial charge is 0.465 e. The van der Waals surface area contributed by atoms with Crippen molar-refractivity contribution in [2.45, 2.75) is 85.6 Å². The summed E-state index contributed by atoms with van der Waals surface area (Å²) in [5.41, 5.74) is -3.46. The molecule has 0 radical (unpaired) electrons. The van der Waals surface area contributed by atoms with E-state index in [0.717, 1.165) is 12.8 Å². The number of aliphatic hydroxyl groups is 1. The quantitative estimate of drug-likeness (QED) is 0.166. The van der Waals surface area contributed by atoms with E-state index in [9.17, 15) is 22.8 Å². The van der Waals surface area contributed by atoms with Crippen LogP contribution in [-0.4, -0.2) is 67.0 Å². The molecule has 194 valence electrons. The molecular formula is C22H41NO9S. The van der Waals surface area contributed by atoms with Crippen LogP contribution in [0.3, 0.4) is 0 Å². The molecule has 0 spiro atoms. The molecule has 2 unspecified atom stereocenters. The molecule has 0 aromatic rings. The van der Waals surface area contributed by atoms with Crippen LogP contribution in [0, 0.1) is 10.8 Å². The minimum atomic E-state index is -4.31. The Morgan fingerprint density at radius 1 is 0.939 bits per heavy atom. The molecule has 2 atom stereocenters. The van der Waals surface area contributed by atoms with Crippen molar-refractivity contribution in [1.29, 1.82) is 0 Å². The molecule has 0 saturated carbocycles. The highest BCUT2D eigenvalue weighted by Crippen LogP contribution is 2.41. The molecule has 0 aromatic carbocycles. The van der Waals surface area contributed by atoms with Crippen LogP contribution in [0.4, 0.5) is 0 Å². The summed E-state index contributed by atoms with van der Waals surface area (Å²) < 4.78 is 41.9. The number of esters is 2. The van der Waals surface area contributed by atoms with Gasteiger partial charge in [0.2, 0.25) is 5.91 Å². The molecule has 0 fully saturated rings. The number of carbonyl (C=O) groups is 3. The van der Waals surface area contributed by atoms with Crippen LogP contribution >= 0.6 is 0 Å². The second kappa shape index (κ2) is 13.2. The van der Waals surface area contributed by atoms with Gasteiger partial charge in [0.05, 0.1) is 35.3 Å². The number of nitrogens with one attached hydrogen (secondary N) is 1. The molecule has 33 heavy (non-hydrogen) atoms. The Bertz CT molecular complexity index is 766. The molecular weight excluding hydrogens is 454 g/mol. The van der Waals surface area contributed by atoms with Crippen LogP contribution in [-0.2, 0) is 34.0 Å². The summed E-state index contributed by atoms with van der Waals surface area (Å²) in [6.45, 7) is 9.69. The van der Waals surface area contributed by atoms with E-state index >= 15 is 0 Å². The molecule has 1 amide bonds. The highest BCUT2D eigenvalue weighted by atomic mass is 32.2. The number of rotatable bonds is 16. The fourth-order valence-electron chi connectivity index (χ4n) is 3.58. The third-order valence-corrected chi connectivity index (χ3v) is 6.61. The van der Waals surface area contributed by atoms with E-state index in [1.54, 1.807) is 13.8 Å². The highest BCUT2D eigenvalue weighted by molar-refractivity contribution is 7.85. The van der Waals surface area contributed by atoms with Crippen molar-refractivity contribution in [1.82, 2.24) is 5.32 Å². The zero-order valence-electron chi connectivity index (χ0n) is 20.7. The number of aliphatic hydroxyl groups excluding tert-OH is 1. The van der Waals surface area contributed by atoms with Crippen LogP contribution in [0.5, 0.6) is 0 Å². The Labute approximate surface area is 197 Å². The number of hydrogen-bond acceptors (Lipinski definition) is 8. The van der Waals surface area contributed by atoms with E-state index in [-0.39, 0.29) is 39.1 Å². The van der Waals surface area contributed by atoms with E-state index in [1.165, 1.54) is 13.8 Å². The standard InChI is InChI=1S/C22H41NO9S/c1-7-9-13-31-18(26)21(5,8-2)15-22(6,19(27)32-14-12-24)11-10-17(25)23-20(3,4)16-33(28,29)30/h24H,7-16H2,1-6H3,(H,23,25)(H,28,29,30). The summed E-state index contributed by atoms with van der Waals surface area (Å²) >= 11 is 0. The van der Waals surface area contributed by atoms with Crippen LogP contribution < -0.4 is 5.32 Å². The van der Waals surface area contributed by atoms with Crippen molar-refractivity contribution < 1.29 is 41.9 Å². The maximum atomic E-state index is 12.9. The summed E-state index contributed by atoms with van der Waals surface area (Å²) in [6, 6.07) is 0. The minimum absolute atomic E-state index is 0.0167. The smallest absolute Gasteiger partial charge is 0.311 e. The normalized spacial score (nSPS) is 15.8. The van der Waals surface area contributed by atoms with Gasteiger partial charge in [-0.15, -0.1) is 0 Å². The first-order valence-corrected chi connectivity index (χ1v) is 12.9. The Hall–Kier alpha value is -1.72. The Kier molecular flexibility index (Phi) is 12.5. The van der Waals surface area contributed by atoms with E-state index in [1.807, 2.05) is 13.8 Å². The lowest BCUT2D eigenvalue weighted by Crippen LogP contribution is -2.48. The van der Waals surface area contributed by atoms with Gasteiger partial charge in [-0.2, -0.15) is 8.42 Å². The lowest BCUT2D eigenvalue weighted by atomic mass is 9.69. The summed E-state index contributed by atoms with van der Waals surface area (Å²) in [7, 11) is -4.31. The molecule has 10 nitrogen and oxygen atoms in total. The summed E-state index contributed by atoms with van der Waals surface area (Å²) in [4.78, 5) is 38.1. The fourth-order valence-corrected chi connectivity index (χ4v) is 4.57. The van der Waals surface area contributed by atoms with Gasteiger partial charge in [0.1, 0.15) is 6.61 Å². The van der Waals surface area contributed by atoms with Crippen LogP contribution in [0.15, 0.2) is 0 Å². The number of hydrogen-bond donors (Lipinski definition) is 3. The average Bonchev–Trinajstić information content (AvgIpc) is 2.68. The van der Waals surface area contributed by atoms with Gasteiger partial charge in [-0.3, -0.25) is 18.9 Å². The van der Waals surface area contributed by atoms with E-state index in [4.69, 9.17) is 19.1 Å². The zero-order valence-corrected chi connectivity index (χ0v) is 21.5. The summed E-state index contributed by atoms with van der Waals surface area (Å²) in [5, 5.41) is 11.6. The molecule has 0 heterocycles. The maximum Gasteiger partial charge on any atom is 0.311 e. The molecule has 3 N–H and O–H groups in total. The summed E-state index contributed by atoms with van der Waals surface area (Å²) in [5.74, 6) is -2.27. The van der Waals surface area contributed by atoms with E-state index in [0.29, 0.717) is 6.42 Å². The highest BCUT2D eigenvalue weighted by Gasteiger charge is 2.45. The second-order valence-corrected chi connectivity index (χ2v) is 11.1. The average molecular weight is 496 g/mol. The van der Waals surface area contributed by atoms with Crippen molar-refractivity contribution in [3.8, 4) is 0 Å². The Morgan fingerprint density at radius 3 is 1.97 bits per heavy atom. The number of amides is 1. The molecule has 0 bridgehead atoms. The Balaban J connectivity index is 5.54. The SMILES string of the molecule is CCCCOC(=O)C(C)(CC)CC(C)(CCC(=O)NC(C)(C)CS(=O)(=O)O)C(=O)OCCO. The molecule has 0 aliphatic heterocycles. The van der Waals surface area contributed by atoms with Crippen molar-refractivity contribution in [2.24, 2.45) is 10.8 Å². The minimum Gasteiger partial charge on any atom is -0.465 e. The first-order valence-electron chi connectivity index (χ1n) is 11.3. The van der Waals surface area contributed by atoms with Crippen molar-refractivity contribution in [3.05, 3.63) is 0 Å². The third kappa shape index (κ3) is 11.8. The van der Waals surface area contributed by atoms with E-state index < -0.39 is 50.1 Å². The fraction of sp³-hybridized carbons (Fsp3) is 0.864. The molecule has 0 aromatic heterocycles.